The number of ether oxygens (including phenoxy) is 1. The first-order chi connectivity index (χ1) is 7.06. The Morgan fingerprint density at radius 2 is 1.93 bits per heavy atom. The molecule has 1 aromatic rings. The van der Waals surface area contributed by atoms with Crippen molar-refractivity contribution in [1.29, 1.82) is 0 Å². The lowest BCUT2D eigenvalue weighted by Crippen LogP contribution is -2.42. The smallest absolute Gasteiger partial charge is 0.286 e. The second kappa shape index (κ2) is 5.19. The lowest BCUT2D eigenvalue weighted by Gasteiger charge is -2.22. The highest BCUT2D eigenvalue weighted by atomic mass is 19.3. The third-order valence-corrected chi connectivity index (χ3v) is 2.16. The molecule has 0 aliphatic rings. The van der Waals surface area contributed by atoms with E-state index in [0.29, 0.717) is 0 Å². The predicted octanol–water partition coefficient (Wildman–Crippen LogP) is 2.53. The van der Waals surface area contributed by atoms with E-state index in [0.717, 1.165) is 5.56 Å². The summed E-state index contributed by atoms with van der Waals surface area (Å²) in [7, 11) is 0. The van der Waals surface area contributed by atoms with Crippen molar-refractivity contribution in [3.05, 3.63) is 35.9 Å². The van der Waals surface area contributed by atoms with Crippen molar-refractivity contribution in [2.45, 2.75) is 32.1 Å². The van der Waals surface area contributed by atoms with E-state index in [9.17, 15) is 8.78 Å². The van der Waals surface area contributed by atoms with Crippen LogP contribution in [0.15, 0.2) is 30.3 Å². The van der Waals surface area contributed by atoms with Gasteiger partial charge < -0.3 is 10.5 Å². The van der Waals surface area contributed by atoms with Crippen LogP contribution in [0.1, 0.15) is 18.9 Å². The lowest BCUT2D eigenvalue weighted by atomic mass is 10.2. The summed E-state index contributed by atoms with van der Waals surface area (Å²) in [5, 5.41) is 0. The summed E-state index contributed by atoms with van der Waals surface area (Å²) in [5.74, 6) is -2.96. The Balaban J connectivity index is 2.44. The molecule has 0 amide bonds. The van der Waals surface area contributed by atoms with Gasteiger partial charge in [0, 0.05) is 6.42 Å². The molecule has 1 atom stereocenters. The van der Waals surface area contributed by atoms with Crippen LogP contribution in [0.25, 0.3) is 0 Å². The molecule has 0 aliphatic carbocycles. The number of nitrogens with two attached hydrogens (primary N) is 1. The van der Waals surface area contributed by atoms with E-state index in [2.05, 4.69) is 0 Å². The van der Waals surface area contributed by atoms with E-state index >= 15 is 0 Å². The topological polar surface area (TPSA) is 35.2 Å². The third-order valence-electron chi connectivity index (χ3n) is 2.16. The summed E-state index contributed by atoms with van der Waals surface area (Å²) in [4.78, 5) is 0. The van der Waals surface area contributed by atoms with E-state index in [4.69, 9.17) is 10.5 Å². The second-order valence-electron chi connectivity index (χ2n) is 3.33. The standard InChI is InChI=1S/C11H15F2NO/c1-2-11(12,13)10(14)15-8-9-6-4-3-5-7-9/h3-7,10H,2,8,14H2,1H3. The third kappa shape index (κ3) is 3.57. The van der Waals surface area contributed by atoms with E-state index in [1.807, 2.05) is 18.2 Å². The minimum atomic E-state index is -2.96. The SMILES string of the molecule is CCC(F)(F)C(N)OCc1ccccc1. The molecule has 1 rings (SSSR count). The van der Waals surface area contributed by atoms with Crippen LogP contribution in [0, 0.1) is 0 Å². The van der Waals surface area contributed by atoms with Gasteiger partial charge in [0.25, 0.3) is 5.92 Å². The Bertz CT molecular complexity index is 290. The highest BCUT2D eigenvalue weighted by molar-refractivity contribution is 5.13. The minimum absolute atomic E-state index is 0.109. The van der Waals surface area contributed by atoms with E-state index in [1.165, 1.54) is 6.92 Å². The summed E-state index contributed by atoms with van der Waals surface area (Å²) in [6, 6.07) is 9.10. The van der Waals surface area contributed by atoms with Gasteiger partial charge in [-0.05, 0) is 5.56 Å². The molecular weight excluding hydrogens is 200 g/mol. The van der Waals surface area contributed by atoms with Gasteiger partial charge in [-0.15, -0.1) is 0 Å². The van der Waals surface area contributed by atoms with Crippen molar-refractivity contribution >= 4 is 0 Å². The minimum Gasteiger partial charge on any atom is -0.353 e. The van der Waals surface area contributed by atoms with Gasteiger partial charge >= 0.3 is 0 Å². The van der Waals surface area contributed by atoms with Gasteiger partial charge in [0.15, 0.2) is 6.23 Å². The molecule has 0 spiro atoms. The van der Waals surface area contributed by atoms with E-state index in [1.54, 1.807) is 12.1 Å². The van der Waals surface area contributed by atoms with Crippen molar-refractivity contribution in [3.8, 4) is 0 Å². The molecule has 15 heavy (non-hydrogen) atoms. The van der Waals surface area contributed by atoms with Crippen LogP contribution < -0.4 is 5.73 Å². The number of alkyl halides is 2. The van der Waals surface area contributed by atoms with Gasteiger partial charge in [-0.2, -0.15) is 0 Å². The number of rotatable bonds is 5. The molecule has 0 saturated carbocycles. The normalized spacial score (nSPS) is 13.9. The first-order valence-corrected chi connectivity index (χ1v) is 4.85. The summed E-state index contributed by atoms with van der Waals surface area (Å²) in [6.45, 7) is 1.49. The molecule has 2 nitrogen and oxygen atoms in total. The van der Waals surface area contributed by atoms with Crippen molar-refractivity contribution in [2.24, 2.45) is 5.73 Å². The molecule has 2 N–H and O–H groups in total. The largest absolute Gasteiger partial charge is 0.353 e. The Kier molecular flexibility index (Phi) is 4.17. The zero-order chi connectivity index (χ0) is 11.3. The Morgan fingerprint density at radius 3 is 2.47 bits per heavy atom. The van der Waals surface area contributed by atoms with Crippen LogP contribution in [-0.4, -0.2) is 12.2 Å². The molecule has 0 saturated heterocycles. The van der Waals surface area contributed by atoms with Crippen LogP contribution in [0.3, 0.4) is 0 Å². The number of halogens is 2. The zero-order valence-electron chi connectivity index (χ0n) is 8.62. The predicted molar refractivity (Wildman–Crippen MR) is 54.4 cm³/mol. The Hall–Kier alpha value is -1.00. The molecule has 0 radical (unpaired) electrons. The summed E-state index contributed by atoms with van der Waals surface area (Å²) in [6.07, 6.45) is -1.86. The van der Waals surface area contributed by atoms with Gasteiger partial charge in [0.2, 0.25) is 0 Å². The quantitative estimate of drug-likeness (QED) is 0.766. The Morgan fingerprint density at radius 1 is 1.33 bits per heavy atom. The van der Waals surface area contributed by atoms with Crippen molar-refractivity contribution in [1.82, 2.24) is 0 Å². The number of benzene rings is 1. The molecule has 0 heterocycles. The molecule has 0 fully saturated rings. The second-order valence-corrected chi connectivity index (χ2v) is 3.33. The molecule has 1 unspecified atom stereocenters. The van der Waals surface area contributed by atoms with Gasteiger partial charge in [0.05, 0.1) is 6.61 Å². The Labute approximate surface area is 88.0 Å². The molecule has 0 aromatic heterocycles. The maximum Gasteiger partial charge on any atom is 0.286 e. The summed E-state index contributed by atoms with van der Waals surface area (Å²) < 4.78 is 30.9. The number of hydrogen-bond acceptors (Lipinski definition) is 2. The molecule has 0 bridgehead atoms. The van der Waals surface area contributed by atoms with Crippen LogP contribution >= 0.6 is 0 Å². The highest BCUT2D eigenvalue weighted by Crippen LogP contribution is 2.22. The van der Waals surface area contributed by atoms with E-state index < -0.39 is 12.2 Å². The molecule has 1 aromatic carbocycles. The summed E-state index contributed by atoms with van der Waals surface area (Å²) >= 11 is 0. The fraction of sp³-hybridized carbons (Fsp3) is 0.455. The zero-order valence-corrected chi connectivity index (χ0v) is 8.62. The van der Waals surface area contributed by atoms with E-state index in [-0.39, 0.29) is 13.0 Å². The number of hydrogen-bond donors (Lipinski definition) is 1. The van der Waals surface area contributed by atoms with Gasteiger partial charge in [-0.3, -0.25) is 0 Å². The monoisotopic (exact) mass is 215 g/mol. The van der Waals surface area contributed by atoms with Crippen molar-refractivity contribution < 1.29 is 13.5 Å². The maximum atomic E-state index is 13.0. The van der Waals surface area contributed by atoms with Crippen LogP contribution in [0.2, 0.25) is 0 Å². The average molecular weight is 215 g/mol. The van der Waals surface area contributed by atoms with Gasteiger partial charge in [-0.1, -0.05) is 37.3 Å². The molecule has 4 heteroatoms. The van der Waals surface area contributed by atoms with Crippen molar-refractivity contribution in [3.63, 3.8) is 0 Å². The van der Waals surface area contributed by atoms with Gasteiger partial charge in [-0.25, -0.2) is 8.78 Å². The van der Waals surface area contributed by atoms with Crippen LogP contribution in [-0.2, 0) is 11.3 Å². The fourth-order valence-corrected chi connectivity index (χ4v) is 1.08. The average Bonchev–Trinajstić information content (AvgIpc) is 2.27. The molecule has 0 aliphatic heterocycles. The fourth-order valence-electron chi connectivity index (χ4n) is 1.08. The van der Waals surface area contributed by atoms with Gasteiger partial charge in [0.1, 0.15) is 0 Å². The van der Waals surface area contributed by atoms with Crippen molar-refractivity contribution in [2.75, 3.05) is 0 Å². The molecular formula is C11H15F2NO. The van der Waals surface area contributed by atoms with Crippen LogP contribution in [0.5, 0.6) is 0 Å². The lowest BCUT2D eigenvalue weighted by molar-refractivity contribution is -0.141. The summed E-state index contributed by atoms with van der Waals surface area (Å²) in [5.41, 5.74) is 6.07. The molecule has 84 valence electrons. The first-order valence-electron chi connectivity index (χ1n) is 4.85. The highest BCUT2D eigenvalue weighted by Gasteiger charge is 2.35. The maximum absolute atomic E-state index is 13.0. The van der Waals surface area contributed by atoms with Crippen LogP contribution in [0.4, 0.5) is 8.78 Å². The first kappa shape index (κ1) is 12.1.